The van der Waals surface area contributed by atoms with Gasteiger partial charge in [-0.3, -0.25) is 4.68 Å². The van der Waals surface area contributed by atoms with E-state index in [0.717, 1.165) is 36.2 Å². The molecule has 1 aromatic carbocycles. The van der Waals surface area contributed by atoms with Crippen LogP contribution in [0.4, 0.5) is 4.39 Å². The number of esters is 1. The summed E-state index contributed by atoms with van der Waals surface area (Å²) in [4.78, 5) is 17.6. The maximum atomic E-state index is 14.9. The maximum absolute atomic E-state index is 14.9. The first-order valence-corrected chi connectivity index (χ1v) is 9.97. The monoisotopic (exact) mass is 395 g/mol. The van der Waals surface area contributed by atoms with Crippen LogP contribution in [0, 0.1) is 26.6 Å². The van der Waals surface area contributed by atoms with E-state index >= 15 is 0 Å². The van der Waals surface area contributed by atoms with Gasteiger partial charge < -0.3 is 4.74 Å². The second kappa shape index (κ2) is 6.65. The van der Waals surface area contributed by atoms with Crippen LogP contribution in [0.15, 0.2) is 12.1 Å². The minimum Gasteiger partial charge on any atom is -0.422 e. The molecule has 0 saturated carbocycles. The van der Waals surface area contributed by atoms with E-state index in [9.17, 15) is 9.18 Å². The lowest BCUT2D eigenvalue weighted by Crippen LogP contribution is -2.15. The van der Waals surface area contributed by atoms with E-state index in [1.165, 1.54) is 6.07 Å². The highest BCUT2D eigenvalue weighted by molar-refractivity contribution is 5.97. The average Bonchev–Trinajstić information content (AvgIpc) is 3.18. The van der Waals surface area contributed by atoms with Crippen molar-refractivity contribution in [3.05, 3.63) is 51.7 Å². The molecule has 0 bridgehead atoms. The summed E-state index contributed by atoms with van der Waals surface area (Å²) in [5.74, 6) is -0.475. The molecule has 6 heteroatoms. The average molecular weight is 395 g/mol. The molecule has 0 aliphatic carbocycles. The van der Waals surface area contributed by atoms with E-state index in [1.54, 1.807) is 6.92 Å². The van der Waals surface area contributed by atoms with Gasteiger partial charge in [0.15, 0.2) is 0 Å². The maximum Gasteiger partial charge on any atom is 0.347 e. The van der Waals surface area contributed by atoms with Gasteiger partial charge in [0.1, 0.15) is 22.6 Å². The minimum absolute atomic E-state index is 0.223. The van der Waals surface area contributed by atoms with E-state index in [4.69, 9.17) is 4.74 Å². The molecular weight excluding hydrogens is 369 g/mol. The second-order valence-electron chi connectivity index (χ2n) is 8.88. The van der Waals surface area contributed by atoms with Gasteiger partial charge in [0.05, 0.1) is 11.4 Å². The Kier molecular flexibility index (Phi) is 4.48. The Morgan fingerprint density at radius 2 is 1.90 bits per heavy atom. The molecule has 0 N–H and O–H groups in total. The minimum atomic E-state index is -0.442. The third-order valence-electron chi connectivity index (χ3n) is 5.75. The number of rotatable bonds is 2. The third-order valence-corrected chi connectivity index (χ3v) is 5.75. The number of halogens is 1. The lowest BCUT2D eigenvalue weighted by Gasteiger charge is -2.21. The Labute approximate surface area is 169 Å². The Hall–Kier alpha value is -2.76. The number of fused-ring (bicyclic) bond motifs is 2. The van der Waals surface area contributed by atoms with Crippen LogP contribution >= 0.6 is 0 Å². The van der Waals surface area contributed by atoms with Gasteiger partial charge in [0, 0.05) is 23.2 Å². The quantitative estimate of drug-likeness (QED) is 0.576. The topological polar surface area (TPSA) is 57.0 Å². The van der Waals surface area contributed by atoms with E-state index in [1.807, 2.05) is 45.4 Å². The van der Waals surface area contributed by atoms with Crippen LogP contribution in [0.1, 0.15) is 65.8 Å². The lowest BCUT2D eigenvalue weighted by molar-refractivity contribution is 0.0734. The molecule has 3 aromatic rings. The largest absolute Gasteiger partial charge is 0.422 e. The van der Waals surface area contributed by atoms with Crippen molar-refractivity contribution in [2.75, 3.05) is 0 Å². The Morgan fingerprint density at radius 1 is 1.17 bits per heavy atom. The number of ether oxygens (including phenoxy) is 1. The molecule has 2 aromatic heterocycles. The first-order valence-electron chi connectivity index (χ1n) is 9.97. The number of aromatic nitrogens is 3. The smallest absolute Gasteiger partial charge is 0.347 e. The van der Waals surface area contributed by atoms with Crippen molar-refractivity contribution in [3.8, 4) is 5.75 Å². The molecule has 5 nitrogen and oxygen atoms in total. The van der Waals surface area contributed by atoms with Crippen molar-refractivity contribution in [3.63, 3.8) is 0 Å². The fraction of sp³-hybridized carbons (Fsp3) is 0.435. The molecule has 0 saturated heterocycles. The fourth-order valence-corrected chi connectivity index (χ4v) is 3.94. The van der Waals surface area contributed by atoms with E-state index in [2.05, 4.69) is 10.1 Å². The molecule has 152 valence electrons. The van der Waals surface area contributed by atoms with Gasteiger partial charge in [-0.25, -0.2) is 14.2 Å². The van der Waals surface area contributed by atoms with E-state index < -0.39 is 11.8 Å². The van der Waals surface area contributed by atoms with Gasteiger partial charge in [-0.1, -0.05) is 20.8 Å². The number of carbonyl (C=O) groups is 1. The summed E-state index contributed by atoms with van der Waals surface area (Å²) in [6.45, 7) is 12.4. The SMILES string of the molecule is Cc1nc2c(F)cc(C(C)(C)C)cc2c(OC(=O)c2c(C)nn3c2CCC3)c1C. The van der Waals surface area contributed by atoms with E-state index in [0.29, 0.717) is 28.1 Å². The number of hydrogen-bond donors (Lipinski definition) is 0. The van der Waals surface area contributed by atoms with Gasteiger partial charge in [0.2, 0.25) is 0 Å². The number of carbonyl (C=O) groups excluding carboxylic acids is 1. The van der Waals surface area contributed by atoms with Crippen LogP contribution in [0.2, 0.25) is 0 Å². The highest BCUT2D eigenvalue weighted by Crippen LogP contribution is 2.36. The lowest BCUT2D eigenvalue weighted by atomic mass is 9.86. The molecule has 0 unspecified atom stereocenters. The summed E-state index contributed by atoms with van der Waals surface area (Å²) in [5.41, 5.74) is 4.28. The molecule has 0 radical (unpaired) electrons. The summed E-state index contributed by atoms with van der Waals surface area (Å²) >= 11 is 0. The Morgan fingerprint density at radius 3 is 2.59 bits per heavy atom. The van der Waals surface area contributed by atoms with Crippen LogP contribution in [0.25, 0.3) is 10.9 Å². The predicted octanol–water partition coefficient (Wildman–Crippen LogP) is 4.96. The zero-order chi connectivity index (χ0) is 21.1. The van der Waals surface area contributed by atoms with Crippen molar-refractivity contribution < 1.29 is 13.9 Å². The molecule has 1 aliphatic rings. The van der Waals surface area contributed by atoms with Gasteiger partial charge in [-0.15, -0.1) is 0 Å². The molecular formula is C23H26FN3O2. The first-order chi connectivity index (χ1) is 13.6. The number of benzene rings is 1. The zero-order valence-electron chi connectivity index (χ0n) is 17.8. The first kappa shape index (κ1) is 19.6. The summed E-state index contributed by atoms with van der Waals surface area (Å²) in [7, 11) is 0. The normalized spacial score (nSPS) is 13.8. The predicted molar refractivity (Wildman–Crippen MR) is 110 cm³/mol. The van der Waals surface area contributed by atoms with Crippen molar-refractivity contribution in [1.29, 1.82) is 0 Å². The molecule has 0 atom stereocenters. The second-order valence-corrected chi connectivity index (χ2v) is 8.88. The summed E-state index contributed by atoms with van der Waals surface area (Å²) in [5, 5.41) is 4.98. The van der Waals surface area contributed by atoms with Crippen LogP contribution in [0.5, 0.6) is 5.75 Å². The van der Waals surface area contributed by atoms with Crippen molar-refractivity contribution in [1.82, 2.24) is 14.8 Å². The summed E-state index contributed by atoms with van der Waals surface area (Å²) in [6.07, 6.45) is 1.78. The van der Waals surface area contributed by atoms with Crippen LogP contribution in [0.3, 0.4) is 0 Å². The molecule has 0 amide bonds. The Balaban J connectivity index is 1.88. The van der Waals surface area contributed by atoms with Gasteiger partial charge in [-0.2, -0.15) is 5.10 Å². The number of pyridine rings is 1. The molecule has 0 spiro atoms. The highest BCUT2D eigenvalue weighted by atomic mass is 19.1. The molecule has 3 heterocycles. The summed E-state index contributed by atoms with van der Waals surface area (Å²) < 4.78 is 22.7. The highest BCUT2D eigenvalue weighted by Gasteiger charge is 2.28. The van der Waals surface area contributed by atoms with Crippen LogP contribution in [-0.2, 0) is 18.4 Å². The Bertz CT molecular complexity index is 1160. The number of nitrogens with zero attached hydrogens (tertiary/aromatic N) is 3. The standard InChI is InChI=1S/C23H26FN3O2/c1-12-13(2)25-20-16(10-15(11-17(20)24)23(4,5)6)21(12)29-22(28)19-14(3)26-27-9-7-8-18(19)27/h10-11H,7-9H2,1-6H3. The number of aryl methyl sites for hydroxylation is 3. The van der Waals surface area contributed by atoms with Crippen molar-refractivity contribution in [2.45, 2.75) is 66.3 Å². The third kappa shape index (κ3) is 3.20. The number of hydrogen-bond acceptors (Lipinski definition) is 4. The van der Waals surface area contributed by atoms with Crippen molar-refractivity contribution >= 4 is 16.9 Å². The fourth-order valence-electron chi connectivity index (χ4n) is 3.94. The van der Waals surface area contributed by atoms with Crippen LogP contribution in [-0.4, -0.2) is 20.7 Å². The van der Waals surface area contributed by atoms with Crippen molar-refractivity contribution in [2.24, 2.45) is 0 Å². The zero-order valence-corrected chi connectivity index (χ0v) is 17.8. The van der Waals surface area contributed by atoms with E-state index in [-0.39, 0.29) is 10.9 Å². The van der Waals surface area contributed by atoms with Gasteiger partial charge in [0.25, 0.3) is 0 Å². The molecule has 1 aliphatic heterocycles. The van der Waals surface area contributed by atoms with Gasteiger partial charge in [-0.05, 0) is 56.7 Å². The molecule has 0 fully saturated rings. The summed E-state index contributed by atoms with van der Waals surface area (Å²) in [6, 6.07) is 3.40. The molecule has 29 heavy (non-hydrogen) atoms. The molecule has 4 rings (SSSR count). The van der Waals surface area contributed by atoms with Crippen LogP contribution < -0.4 is 4.74 Å². The van der Waals surface area contributed by atoms with Gasteiger partial charge >= 0.3 is 5.97 Å².